The van der Waals surface area contributed by atoms with Gasteiger partial charge < -0.3 is 19.4 Å². The molecule has 0 N–H and O–H groups in total. The minimum absolute atomic E-state index is 0.101. The first-order chi connectivity index (χ1) is 13.5. The highest BCUT2D eigenvalue weighted by molar-refractivity contribution is 5.94. The Kier molecular flexibility index (Phi) is 5.34. The zero-order valence-corrected chi connectivity index (χ0v) is 16.8. The van der Waals surface area contributed by atoms with Crippen molar-refractivity contribution in [3.8, 4) is 0 Å². The third-order valence-corrected chi connectivity index (χ3v) is 6.97. The monoisotopic (exact) mass is 389 g/mol. The maximum atomic E-state index is 13.0. The predicted molar refractivity (Wildman–Crippen MR) is 103 cm³/mol. The molecule has 0 aromatic heterocycles. The number of hydrogen-bond acceptors (Lipinski definition) is 4. The van der Waals surface area contributed by atoms with E-state index in [4.69, 9.17) is 4.74 Å². The van der Waals surface area contributed by atoms with E-state index in [0.717, 1.165) is 57.2 Å². The molecule has 0 aromatic carbocycles. The summed E-state index contributed by atoms with van der Waals surface area (Å²) in [6, 6.07) is 0. The number of ether oxygens (including phenoxy) is 1. The lowest BCUT2D eigenvalue weighted by Gasteiger charge is -2.36. The topological polar surface area (TPSA) is 70.2 Å². The van der Waals surface area contributed by atoms with E-state index in [1.54, 1.807) is 11.8 Å². The maximum Gasteiger partial charge on any atom is 0.409 e. The number of rotatable bonds is 3. The Balaban J connectivity index is 1.25. The molecule has 28 heavy (non-hydrogen) atoms. The Morgan fingerprint density at radius 2 is 1.71 bits per heavy atom. The average molecular weight is 389 g/mol. The second-order valence-electron chi connectivity index (χ2n) is 8.54. The summed E-state index contributed by atoms with van der Waals surface area (Å²) >= 11 is 0. The minimum Gasteiger partial charge on any atom is -0.450 e. The molecule has 1 saturated carbocycles. The summed E-state index contributed by atoms with van der Waals surface area (Å²) in [5.41, 5.74) is 1.09. The summed E-state index contributed by atoms with van der Waals surface area (Å²) in [6.07, 6.45) is 7.67. The average Bonchev–Trinajstić information content (AvgIpc) is 3.15. The molecule has 4 rings (SSSR count). The Bertz CT molecular complexity index is 673. The van der Waals surface area contributed by atoms with Crippen LogP contribution in [-0.2, 0) is 14.3 Å². The van der Waals surface area contributed by atoms with Gasteiger partial charge in [0.2, 0.25) is 11.8 Å². The van der Waals surface area contributed by atoms with Crippen molar-refractivity contribution in [3.05, 3.63) is 11.6 Å². The molecule has 7 nitrogen and oxygen atoms in total. The van der Waals surface area contributed by atoms with E-state index in [2.05, 4.69) is 6.08 Å². The fraction of sp³-hybridized carbons (Fsp3) is 0.762. The van der Waals surface area contributed by atoms with Gasteiger partial charge in [0, 0.05) is 50.8 Å². The van der Waals surface area contributed by atoms with Gasteiger partial charge in [0.05, 0.1) is 6.61 Å². The van der Waals surface area contributed by atoms with Gasteiger partial charge in [-0.3, -0.25) is 9.59 Å². The largest absolute Gasteiger partial charge is 0.450 e. The molecule has 0 aromatic rings. The highest BCUT2D eigenvalue weighted by atomic mass is 16.6. The quantitative estimate of drug-likeness (QED) is 0.741. The van der Waals surface area contributed by atoms with E-state index < -0.39 is 0 Å². The van der Waals surface area contributed by atoms with Gasteiger partial charge in [-0.25, -0.2) is 4.79 Å². The van der Waals surface area contributed by atoms with E-state index in [1.165, 1.54) is 0 Å². The molecule has 7 heteroatoms. The van der Waals surface area contributed by atoms with Crippen molar-refractivity contribution < 1.29 is 19.1 Å². The molecule has 2 aliphatic heterocycles. The highest BCUT2D eigenvalue weighted by Gasteiger charge is 2.59. The number of likely N-dealkylation sites (tertiary alicyclic amines) is 1. The Labute approximate surface area is 166 Å². The zero-order valence-electron chi connectivity index (χ0n) is 16.8. The molecule has 0 radical (unpaired) electrons. The lowest BCUT2D eigenvalue weighted by atomic mass is 9.90. The summed E-state index contributed by atoms with van der Waals surface area (Å²) < 4.78 is 5.04. The van der Waals surface area contributed by atoms with Crippen LogP contribution in [0.25, 0.3) is 0 Å². The number of carbonyl (C=O) groups excluding carboxylic acids is 3. The summed E-state index contributed by atoms with van der Waals surface area (Å²) in [7, 11) is 0. The molecule has 2 saturated heterocycles. The van der Waals surface area contributed by atoms with Crippen LogP contribution in [-0.4, -0.2) is 78.5 Å². The molecule has 154 valence electrons. The normalized spacial score (nSPS) is 26.2. The summed E-state index contributed by atoms with van der Waals surface area (Å²) in [5.74, 6) is 0.553. The molecule has 2 heterocycles. The Morgan fingerprint density at radius 1 is 1.04 bits per heavy atom. The predicted octanol–water partition coefficient (Wildman–Crippen LogP) is 2.03. The van der Waals surface area contributed by atoms with Crippen LogP contribution in [0.3, 0.4) is 0 Å². The van der Waals surface area contributed by atoms with E-state index in [0.29, 0.717) is 32.8 Å². The van der Waals surface area contributed by atoms with Gasteiger partial charge in [0.1, 0.15) is 0 Å². The SMILES string of the molecule is CCOC(=O)N1CCN(C(=O)[C@@H]2CC23CCN(C(=O)C2=CCCC2)CC3)CC1. The number of nitrogens with zero attached hydrogens (tertiary/aromatic N) is 3. The Hall–Kier alpha value is -2.05. The number of amides is 3. The van der Waals surface area contributed by atoms with Crippen molar-refractivity contribution in [2.75, 3.05) is 45.9 Å². The van der Waals surface area contributed by atoms with Crippen molar-refractivity contribution in [2.45, 2.75) is 45.4 Å². The van der Waals surface area contributed by atoms with Gasteiger partial charge in [0.25, 0.3) is 0 Å². The van der Waals surface area contributed by atoms with Crippen molar-refractivity contribution >= 4 is 17.9 Å². The van der Waals surface area contributed by atoms with Crippen LogP contribution in [0, 0.1) is 11.3 Å². The lowest BCUT2D eigenvalue weighted by Crippen LogP contribution is -2.51. The highest BCUT2D eigenvalue weighted by Crippen LogP contribution is 2.60. The molecular formula is C21H31N3O4. The van der Waals surface area contributed by atoms with Crippen molar-refractivity contribution in [1.82, 2.24) is 14.7 Å². The maximum absolute atomic E-state index is 13.0. The number of carbonyl (C=O) groups is 3. The van der Waals surface area contributed by atoms with Crippen LogP contribution < -0.4 is 0 Å². The van der Waals surface area contributed by atoms with E-state index in [-0.39, 0.29) is 29.2 Å². The number of piperidine rings is 1. The van der Waals surface area contributed by atoms with Crippen LogP contribution in [0.2, 0.25) is 0 Å². The number of piperazine rings is 1. The summed E-state index contributed by atoms with van der Waals surface area (Å²) in [4.78, 5) is 42.9. The van der Waals surface area contributed by atoms with E-state index in [9.17, 15) is 14.4 Å². The van der Waals surface area contributed by atoms with Crippen LogP contribution in [0.15, 0.2) is 11.6 Å². The van der Waals surface area contributed by atoms with Gasteiger partial charge in [-0.15, -0.1) is 0 Å². The summed E-state index contributed by atoms with van der Waals surface area (Å²) in [5, 5.41) is 0. The minimum atomic E-state index is -0.285. The molecular weight excluding hydrogens is 358 g/mol. The van der Waals surface area contributed by atoms with Gasteiger partial charge in [0.15, 0.2) is 0 Å². The van der Waals surface area contributed by atoms with Crippen molar-refractivity contribution in [1.29, 1.82) is 0 Å². The zero-order chi connectivity index (χ0) is 19.7. The van der Waals surface area contributed by atoms with Crippen LogP contribution in [0.4, 0.5) is 4.79 Å². The van der Waals surface area contributed by atoms with Crippen LogP contribution in [0.5, 0.6) is 0 Å². The number of hydrogen-bond donors (Lipinski definition) is 0. The lowest BCUT2D eigenvalue weighted by molar-refractivity contribution is -0.135. The second kappa shape index (κ2) is 7.76. The molecule has 4 aliphatic rings. The Morgan fingerprint density at radius 3 is 2.32 bits per heavy atom. The third-order valence-electron chi connectivity index (χ3n) is 6.97. The van der Waals surface area contributed by atoms with Crippen molar-refractivity contribution in [3.63, 3.8) is 0 Å². The fourth-order valence-corrected chi connectivity index (χ4v) is 5.02. The fourth-order valence-electron chi connectivity index (χ4n) is 5.02. The van der Waals surface area contributed by atoms with E-state index >= 15 is 0 Å². The molecule has 0 unspecified atom stereocenters. The first-order valence-corrected chi connectivity index (χ1v) is 10.7. The third kappa shape index (κ3) is 3.63. The van der Waals surface area contributed by atoms with Crippen LogP contribution in [0.1, 0.15) is 45.4 Å². The van der Waals surface area contributed by atoms with Crippen LogP contribution >= 0.6 is 0 Å². The van der Waals surface area contributed by atoms with Gasteiger partial charge in [-0.2, -0.15) is 0 Å². The second-order valence-corrected chi connectivity index (χ2v) is 8.54. The van der Waals surface area contributed by atoms with Gasteiger partial charge in [-0.05, 0) is 50.9 Å². The molecule has 0 bridgehead atoms. The van der Waals surface area contributed by atoms with E-state index in [1.807, 2.05) is 9.80 Å². The molecule has 1 spiro atoms. The van der Waals surface area contributed by atoms with Gasteiger partial charge in [-0.1, -0.05) is 6.08 Å². The summed E-state index contributed by atoms with van der Waals surface area (Å²) in [6.45, 7) is 5.98. The van der Waals surface area contributed by atoms with Gasteiger partial charge >= 0.3 is 6.09 Å². The smallest absolute Gasteiger partial charge is 0.409 e. The molecule has 1 atom stereocenters. The van der Waals surface area contributed by atoms with Crippen molar-refractivity contribution in [2.24, 2.45) is 11.3 Å². The standard InChI is InChI=1S/C21H31N3O4/c1-2-28-20(27)24-13-11-23(12-14-24)19(26)17-15-21(17)7-9-22(10-8-21)18(25)16-5-3-4-6-16/h5,17H,2-4,6-15H2,1H3/t17-/m0/s1. The molecule has 3 amide bonds. The number of allylic oxidation sites excluding steroid dienone is 1. The molecule has 3 fully saturated rings. The first kappa shape index (κ1) is 19.3. The molecule has 2 aliphatic carbocycles. The first-order valence-electron chi connectivity index (χ1n) is 10.7.